The van der Waals surface area contributed by atoms with Gasteiger partial charge in [-0.05, 0) is 24.3 Å². The zero-order valence-electron chi connectivity index (χ0n) is 11.2. The summed E-state index contributed by atoms with van der Waals surface area (Å²) in [5, 5.41) is 2.44. The molecule has 0 aliphatic heterocycles. The molecule has 0 unspecified atom stereocenters. The molecule has 0 spiro atoms. The molecule has 3 aromatic rings. The van der Waals surface area contributed by atoms with E-state index < -0.39 is 6.09 Å². The Labute approximate surface area is 120 Å². The van der Waals surface area contributed by atoms with Crippen LogP contribution in [0.2, 0.25) is 0 Å². The summed E-state index contributed by atoms with van der Waals surface area (Å²) in [4.78, 5) is 15.9. The number of benzene rings is 2. The van der Waals surface area contributed by atoms with E-state index in [-0.39, 0.29) is 6.01 Å². The Morgan fingerprint density at radius 1 is 1.14 bits per heavy atom. The molecule has 21 heavy (non-hydrogen) atoms. The topological polar surface area (TPSA) is 73.6 Å². The number of carbonyl (C=O) groups is 1. The predicted molar refractivity (Wildman–Crippen MR) is 76.6 cm³/mol. The summed E-state index contributed by atoms with van der Waals surface area (Å²) < 4.78 is 15.6. The molecular weight excluding hydrogens is 272 g/mol. The van der Waals surface area contributed by atoms with Crippen LogP contribution in [0.15, 0.2) is 52.9 Å². The molecule has 0 radical (unpaired) electrons. The molecule has 0 saturated carbocycles. The number of hydrogen-bond acceptors (Lipinski definition) is 5. The van der Waals surface area contributed by atoms with Crippen molar-refractivity contribution in [2.24, 2.45) is 0 Å². The lowest BCUT2D eigenvalue weighted by Crippen LogP contribution is -2.16. The number of para-hydroxylation sites is 1. The van der Waals surface area contributed by atoms with Crippen LogP contribution >= 0.6 is 0 Å². The molecule has 1 N–H and O–H groups in total. The number of anilines is 1. The van der Waals surface area contributed by atoms with Crippen molar-refractivity contribution < 1.29 is 18.7 Å². The van der Waals surface area contributed by atoms with Gasteiger partial charge in [0.15, 0.2) is 5.58 Å². The van der Waals surface area contributed by atoms with Crippen LogP contribution in [0, 0.1) is 0 Å². The van der Waals surface area contributed by atoms with Crippen molar-refractivity contribution in [2.45, 2.75) is 0 Å². The maximum absolute atomic E-state index is 11.7. The van der Waals surface area contributed by atoms with E-state index in [9.17, 15) is 4.79 Å². The molecule has 6 nitrogen and oxygen atoms in total. The fourth-order valence-corrected chi connectivity index (χ4v) is 1.80. The van der Waals surface area contributed by atoms with E-state index in [1.807, 2.05) is 6.07 Å². The third-order valence-electron chi connectivity index (χ3n) is 2.76. The zero-order chi connectivity index (χ0) is 14.7. The molecule has 6 heteroatoms. The molecule has 0 bridgehead atoms. The average Bonchev–Trinajstić information content (AvgIpc) is 2.89. The highest BCUT2D eigenvalue weighted by Crippen LogP contribution is 2.23. The van der Waals surface area contributed by atoms with Gasteiger partial charge < -0.3 is 13.9 Å². The minimum atomic E-state index is -0.667. The standard InChI is InChI=1S/C15H12N2O4/c1-19-11-7-8-13-12(9-11)16-14(21-13)17-15(18)20-10-5-3-2-4-6-10/h2-9H,1H3,(H,16,17,18). The van der Waals surface area contributed by atoms with Crippen LogP contribution in [-0.4, -0.2) is 18.2 Å². The number of nitrogens with zero attached hydrogens (tertiary/aromatic N) is 1. The normalized spacial score (nSPS) is 10.3. The Balaban J connectivity index is 1.74. The number of amides is 1. The number of aromatic nitrogens is 1. The average molecular weight is 284 g/mol. The summed E-state index contributed by atoms with van der Waals surface area (Å²) in [6.45, 7) is 0. The number of methoxy groups -OCH3 is 1. The second-order valence-electron chi connectivity index (χ2n) is 4.18. The molecule has 0 saturated heterocycles. The third kappa shape index (κ3) is 2.94. The molecule has 2 aromatic carbocycles. The largest absolute Gasteiger partial charge is 0.497 e. The summed E-state index contributed by atoms with van der Waals surface area (Å²) in [6, 6.07) is 14.0. The van der Waals surface area contributed by atoms with Crippen LogP contribution in [-0.2, 0) is 0 Å². The number of carbonyl (C=O) groups excluding carboxylic acids is 1. The first-order valence-corrected chi connectivity index (χ1v) is 6.23. The summed E-state index contributed by atoms with van der Waals surface area (Å²) >= 11 is 0. The van der Waals surface area contributed by atoms with E-state index in [2.05, 4.69) is 10.3 Å². The molecule has 0 atom stereocenters. The van der Waals surface area contributed by atoms with E-state index in [4.69, 9.17) is 13.9 Å². The lowest BCUT2D eigenvalue weighted by atomic mass is 10.3. The number of rotatable bonds is 3. The van der Waals surface area contributed by atoms with Crippen LogP contribution in [0.1, 0.15) is 0 Å². The first kappa shape index (κ1) is 13.0. The number of nitrogens with one attached hydrogen (secondary N) is 1. The molecule has 0 aliphatic rings. The highest BCUT2D eigenvalue weighted by atomic mass is 16.6. The summed E-state index contributed by atoms with van der Waals surface area (Å²) in [5.74, 6) is 1.10. The minimum absolute atomic E-state index is 0.0687. The third-order valence-corrected chi connectivity index (χ3v) is 2.76. The Hall–Kier alpha value is -3.02. The van der Waals surface area contributed by atoms with Gasteiger partial charge >= 0.3 is 12.1 Å². The number of fused-ring (bicyclic) bond motifs is 1. The van der Waals surface area contributed by atoms with Crippen LogP contribution in [0.4, 0.5) is 10.8 Å². The number of ether oxygens (including phenoxy) is 2. The molecule has 1 heterocycles. The van der Waals surface area contributed by atoms with Gasteiger partial charge in [0.1, 0.15) is 17.0 Å². The fourth-order valence-electron chi connectivity index (χ4n) is 1.80. The maximum atomic E-state index is 11.7. The van der Waals surface area contributed by atoms with Gasteiger partial charge in [-0.1, -0.05) is 18.2 Å². The Kier molecular flexibility index (Phi) is 3.42. The molecule has 106 valence electrons. The lowest BCUT2D eigenvalue weighted by Gasteiger charge is -2.02. The predicted octanol–water partition coefficient (Wildman–Crippen LogP) is 3.45. The molecule has 1 aromatic heterocycles. The van der Waals surface area contributed by atoms with Gasteiger partial charge in [0.2, 0.25) is 0 Å². The lowest BCUT2D eigenvalue weighted by molar-refractivity contribution is 0.214. The highest BCUT2D eigenvalue weighted by Gasteiger charge is 2.11. The summed E-state index contributed by atoms with van der Waals surface area (Å²) in [7, 11) is 1.57. The minimum Gasteiger partial charge on any atom is -0.497 e. The van der Waals surface area contributed by atoms with Crippen LogP contribution in [0.3, 0.4) is 0 Å². The maximum Gasteiger partial charge on any atom is 0.420 e. The SMILES string of the molecule is COc1ccc2oc(NC(=O)Oc3ccccc3)nc2c1. The Morgan fingerprint density at radius 2 is 1.95 bits per heavy atom. The molecule has 0 fully saturated rings. The van der Waals surface area contributed by atoms with Gasteiger partial charge in [-0.3, -0.25) is 0 Å². The van der Waals surface area contributed by atoms with Gasteiger partial charge in [0, 0.05) is 6.07 Å². The summed E-state index contributed by atoms with van der Waals surface area (Å²) in [6.07, 6.45) is -0.667. The quantitative estimate of drug-likeness (QED) is 0.797. The zero-order valence-corrected chi connectivity index (χ0v) is 11.2. The first-order chi connectivity index (χ1) is 10.2. The van der Waals surface area contributed by atoms with Crippen molar-refractivity contribution >= 4 is 23.2 Å². The highest BCUT2D eigenvalue weighted by molar-refractivity contribution is 5.86. The van der Waals surface area contributed by atoms with E-state index >= 15 is 0 Å². The second kappa shape index (κ2) is 5.54. The smallest absolute Gasteiger partial charge is 0.420 e. The van der Waals surface area contributed by atoms with E-state index in [1.54, 1.807) is 49.6 Å². The Morgan fingerprint density at radius 3 is 2.71 bits per heavy atom. The van der Waals surface area contributed by atoms with Crippen LogP contribution in [0.5, 0.6) is 11.5 Å². The van der Waals surface area contributed by atoms with Crippen molar-refractivity contribution in [3.8, 4) is 11.5 Å². The monoisotopic (exact) mass is 284 g/mol. The van der Waals surface area contributed by atoms with E-state index in [0.717, 1.165) is 0 Å². The van der Waals surface area contributed by atoms with Gasteiger partial charge in [-0.25, -0.2) is 10.1 Å². The van der Waals surface area contributed by atoms with E-state index in [1.165, 1.54) is 0 Å². The number of hydrogen-bond donors (Lipinski definition) is 1. The molecular formula is C15H12N2O4. The van der Waals surface area contributed by atoms with Crippen molar-refractivity contribution in [3.63, 3.8) is 0 Å². The van der Waals surface area contributed by atoms with Gasteiger partial charge in [0.25, 0.3) is 0 Å². The van der Waals surface area contributed by atoms with Gasteiger partial charge in [-0.15, -0.1) is 0 Å². The Bertz CT molecular complexity index is 768. The van der Waals surface area contributed by atoms with Crippen molar-refractivity contribution in [3.05, 3.63) is 48.5 Å². The second-order valence-corrected chi connectivity index (χ2v) is 4.18. The van der Waals surface area contributed by atoms with Crippen molar-refractivity contribution in [2.75, 3.05) is 12.4 Å². The van der Waals surface area contributed by atoms with Gasteiger partial charge in [0.05, 0.1) is 7.11 Å². The van der Waals surface area contributed by atoms with Crippen molar-refractivity contribution in [1.29, 1.82) is 0 Å². The molecule has 0 aliphatic carbocycles. The van der Waals surface area contributed by atoms with Crippen LogP contribution in [0.25, 0.3) is 11.1 Å². The number of oxazole rings is 1. The van der Waals surface area contributed by atoms with E-state index in [0.29, 0.717) is 22.6 Å². The summed E-state index contributed by atoms with van der Waals surface area (Å²) in [5.41, 5.74) is 1.13. The molecule has 1 amide bonds. The fraction of sp³-hybridized carbons (Fsp3) is 0.0667. The molecule has 3 rings (SSSR count). The first-order valence-electron chi connectivity index (χ1n) is 6.23. The van der Waals surface area contributed by atoms with Gasteiger partial charge in [-0.2, -0.15) is 4.98 Å². The van der Waals surface area contributed by atoms with Crippen LogP contribution < -0.4 is 14.8 Å². The van der Waals surface area contributed by atoms with Crippen molar-refractivity contribution in [1.82, 2.24) is 4.98 Å².